The first-order valence-corrected chi connectivity index (χ1v) is 7.24. The normalized spacial score (nSPS) is 22.9. The van der Waals surface area contributed by atoms with Crippen molar-refractivity contribution in [2.24, 2.45) is 0 Å². The number of hydrogen-bond donors (Lipinski definition) is 1. The first-order chi connectivity index (χ1) is 7.92. The second kappa shape index (κ2) is 6.21. The lowest BCUT2D eigenvalue weighted by Crippen LogP contribution is -2.18. The maximum atomic E-state index is 3.46. The highest BCUT2D eigenvalue weighted by atomic mass is 32.1. The summed E-state index contributed by atoms with van der Waals surface area (Å²) in [6.45, 7) is 0. The molecule has 0 spiro atoms. The van der Waals surface area contributed by atoms with E-state index in [0.29, 0.717) is 6.04 Å². The van der Waals surface area contributed by atoms with Crippen LogP contribution in [0.3, 0.4) is 0 Å². The lowest BCUT2D eigenvalue weighted by molar-refractivity contribution is 0.574. The van der Waals surface area contributed by atoms with Gasteiger partial charge in [-0.05, 0) is 55.1 Å². The van der Waals surface area contributed by atoms with Crippen LogP contribution in [0.25, 0.3) is 0 Å². The molecule has 0 saturated heterocycles. The van der Waals surface area contributed by atoms with E-state index in [0.717, 1.165) is 0 Å². The Bertz CT molecular complexity index is 327. The zero-order chi connectivity index (χ0) is 11.2. The van der Waals surface area contributed by atoms with Gasteiger partial charge in [-0.3, -0.25) is 0 Å². The lowest BCUT2D eigenvalue weighted by Gasteiger charge is -2.21. The number of likely N-dealkylation sites (N-methyl/N-ethyl adjacent to an activating group) is 1. The first-order valence-electron chi connectivity index (χ1n) is 6.30. The van der Waals surface area contributed by atoms with E-state index in [2.05, 4.69) is 35.3 Å². The van der Waals surface area contributed by atoms with Crippen molar-refractivity contribution in [3.05, 3.63) is 34.0 Å². The van der Waals surface area contributed by atoms with Gasteiger partial charge in [0.25, 0.3) is 0 Å². The molecule has 0 amide bonds. The van der Waals surface area contributed by atoms with Crippen molar-refractivity contribution in [3.63, 3.8) is 0 Å². The Balaban J connectivity index is 2.12. The number of thiophene rings is 1. The predicted molar refractivity (Wildman–Crippen MR) is 71.9 cm³/mol. The van der Waals surface area contributed by atoms with Gasteiger partial charge < -0.3 is 5.32 Å². The molecule has 0 radical (unpaired) electrons. The monoisotopic (exact) mass is 235 g/mol. The third-order valence-corrected chi connectivity index (χ3v) is 4.06. The summed E-state index contributed by atoms with van der Waals surface area (Å²) in [6, 6.07) is 2.69. The molecular weight excluding hydrogens is 214 g/mol. The standard InChI is InChI=1S/C14H21NS/c1-15-14(13-9-10-16-11-13)12-7-5-3-2-4-6-8-12/h7,9-11,14-15H,2-6,8H2,1H3/b12-7+. The predicted octanol–water partition coefficient (Wildman–Crippen LogP) is 4.29. The zero-order valence-corrected chi connectivity index (χ0v) is 10.9. The van der Waals surface area contributed by atoms with Crippen LogP contribution in [-0.4, -0.2) is 7.05 Å². The van der Waals surface area contributed by atoms with Crippen LogP contribution in [0.2, 0.25) is 0 Å². The molecule has 1 heterocycles. The summed E-state index contributed by atoms with van der Waals surface area (Å²) in [5.74, 6) is 0. The summed E-state index contributed by atoms with van der Waals surface area (Å²) < 4.78 is 0. The summed E-state index contributed by atoms with van der Waals surface area (Å²) in [4.78, 5) is 0. The van der Waals surface area contributed by atoms with Gasteiger partial charge in [0.1, 0.15) is 0 Å². The van der Waals surface area contributed by atoms with Crippen molar-refractivity contribution in [2.75, 3.05) is 7.05 Å². The molecule has 0 aliphatic heterocycles. The maximum absolute atomic E-state index is 3.46. The molecule has 1 N–H and O–H groups in total. The van der Waals surface area contributed by atoms with E-state index >= 15 is 0 Å². The molecule has 1 aromatic rings. The van der Waals surface area contributed by atoms with Gasteiger partial charge in [-0.2, -0.15) is 11.3 Å². The highest BCUT2D eigenvalue weighted by Crippen LogP contribution is 2.29. The molecule has 1 atom stereocenters. The average Bonchev–Trinajstić information content (AvgIpc) is 2.75. The van der Waals surface area contributed by atoms with Crippen LogP contribution in [0.1, 0.15) is 50.1 Å². The molecule has 2 rings (SSSR count). The van der Waals surface area contributed by atoms with E-state index in [1.165, 1.54) is 44.1 Å². The molecule has 88 valence electrons. The summed E-state index contributed by atoms with van der Waals surface area (Å²) in [6.07, 6.45) is 10.5. The second-order valence-electron chi connectivity index (χ2n) is 4.51. The van der Waals surface area contributed by atoms with Gasteiger partial charge in [0.05, 0.1) is 6.04 Å². The van der Waals surface area contributed by atoms with Crippen LogP contribution >= 0.6 is 11.3 Å². The molecule has 0 aromatic carbocycles. The molecule has 1 nitrogen and oxygen atoms in total. The van der Waals surface area contributed by atoms with Crippen molar-refractivity contribution in [1.82, 2.24) is 5.32 Å². The van der Waals surface area contributed by atoms with E-state index in [1.807, 2.05) is 0 Å². The third kappa shape index (κ3) is 2.96. The average molecular weight is 235 g/mol. The van der Waals surface area contributed by atoms with E-state index in [4.69, 9.17) is 0 Å². The summed E-state index contributed by atoms with van der Waals surface area (Å²) in [5, 5.41) is 7.90. The van der Waals surface area contributed by atoms with Gasteiger partial charge in [-0.25, -0.2) is 0 Å². The Hall–Kier alpha value is -0.600. The van der Waals surface area contributed by atoms with Gasteiger partial charge in [0, 0.05) is 0 Å². The van der Waals surface area contributed by atoms with Crippen LogP contribution in [0.15, 0.2) is 28.5 Å². The van der Waals surface area contributed by atoms with Crippen molar-refractivity contribution in [2.45, 2.75) is 44.6 Å². The fourth-order valence-electron chi connectivity index (χ4n) is 2.48. The Morgan fingerprint density at radius 1 is 1.25 bits per heavy atom. The van der Waals surface area contributed by atoms with Gasteiger partial charge in [0.2, 0.25) is 0 Å². The van der Waals surface area contributed by atoms with E-state index in [1.54, 1.807) is 16.9 Å². The smallest absolute Gasteiger partial charge is 0.0541 e. The SMILES string of the molecule is CNC(/C1=C/CCCCCC1)c1ccsc1. The number of allylic oxidation sites excluding steroid dienone is 1. The van der Waals surface area contributed by atoms with Crippen molar-refractivity contribution in [3.8, 4) is 0 Å². The zero-order valence-electron chi connectivity index (χ0n) is 10.0. The van der Waals surface area contributed by atoms with Crippen molar-refractivity contribution < 1.29 is 0 Å². The quantitative estimate of drug-likeness (QED) is 0.771. The van der Waals surface area contributed by atoms with Crippen LogP contribution in [0.5, 0.6) is 0 Å². The number of rotatable bonds is 3. The fraction of sp³-hybridized carbons (Fsp3) is 0.571. The molecular formula is C14H21NS. The minimum Gasteiger partial charge on any atom is -0.310 e. The maximum Gasteiger partial charge on any atom is 0.0541 e. The van der Waals surface area contributed by atoms with E-state index < -0.39 is 0 Å². The molecule has 0 fully saturated rings. The first kappa shape index (κ1) is 11.9. The minimum atomic E-state index is 0.448. The summed E-state index contributed by atoms with van der Waals surface area (Å²) in [7, 11) is 2.07. The Morgan fingerprint density at radius 3 is 2.88 bits per heavy atom. The largest absolute Gasteiger partial charge is 0.310 e. The van der Waals surface area contributed by atoms with Crippen LogP contribution in [0.4, 0.5) is 0 Å². The third-order valence-electron chi connectivity index (χ3n) is 3.36. The molecule has 1 aliphatic carbocycles. The molecule has 1 aromatic heterocycles. The van der Waals surface area contributed by atoms with Crippen LogP contribution in [0, 0.1) is 0 Å². The molecule has 1 aliphatic rings. The Kier molecular flexibility index (Phi) is 4.61. The summed E-state index contributed by atoms with van der Waals surface area (Å²) in [5.41, 5.74) is 3.03. The highest BCUT2D eigenvalue weighted by Gasteiger charge is 2.15. The topological polar surface area (TPSA) is 12.0 Å². The molecule has 0 saturated carbocycles. The van der Waals surface area contributed by atoms with Gasteiger partial charge in [-0.1, -0.05) is 24.5 Å². The Labute approximate surface area is 103 Å². The fourth-order valence-corrected chi connectivity index (χ4v) is 3.17. The molecule has 2 heteroatoms. The van der Waals surface area contributed by atoms with Gasteiger partial charge in [0.15, 0.2) is 0 Å². The van der Waals surface area contributed by atoms with Crippen LogP contribution in [-0.2, 0) is 0 Å². The Morgan fingerprint density at radius 2 is 2.12 bits per heavy atom. The number of hydrogen-bond acceptors (Lipinski definition) is 2. The molecule has 1 unspecified atom stereocenters. The van der Waals surface area contributed by atoms with E-state index in [-0.39, 0.29) is 0 Å². The van der Waals surface area contributed by atoms with E-state index in [9.17, 15) is 0 Å². The van der Waals surface area contributed by atoms with Crippen LogP contribution < -0.4 is 5.32 Å². The minimum absolute atomic E-state index is 0.448. The molecule has 0 bridgehead atoms. The van der Waals surface area contributed by atoms with Gasteiger partial charge >= 0.3 is 0 Å². The highest BCUT2D eigenvalue weighted by molar-refractivity contribution is 7.08. The summed E-state index contributed by atoms with van der Waals surface area (Å²) >= 11 is 1.79. The lowest BCUT2D eigenvalue weighted by atomic mass is 9.92. The van der Waals surface area contributed by atoms with Gasteiger partial charge in [-0.15, -0.1) is 0 Å². The van der Waals surface area contributed by atoms with Crippen molar-refractivity contribution >= 4 is 11.3 Å². The number of nitrogens with one attached hydrogen (secondary N) is 1. The molecule has 16 heavy (non-hydrogen) atoms. The van der Waals surface area contributed by atoms with Crippen molar-refractivity contribution in [1.29, 1.82) is 0 Å². The second-order valence-corrected chi connectivity index (χ2v) is 5.29.